The van der Waals surface area contributed by atoms with Gasteiger partial charge >= 0.3 is 0 Å². The highest BCUT2D eigenvalue weighted by atomic mass is 16.3. The number of carbonyl (C=O) groups excluding carboxylic acids is 1. The van der Waals surface area contributed by atoms with Crippen LogP contribution < -0.4 is 11.1 Å². The molecule has 0 spiro atoms. The van der Waals surface area contributed by atoms with Crippen LogP contribution in [0.5, 0.6) is 5.75 Å². The quantitative estimate of drug-likeness (QED) is 0.691. The molecule has 0 saturated heterocycles. The van der Waals surface area contributed by atoms with Crippen LogP contribution in [0.4, 0.5) is 0 Å². The lowest BCUT2D eigenvalue weighted by molar-refractivity contribution is -0.122. The number of carbonyl (C=O) groups is 1. The van der Waals surface area contributed by atoms with E-state index in [0.717, 1.165) is 5.56 Å². The van der Waals surface area contributed by atoms with E-state index >= 15 is 0 Å². The van der Waals surface area contributed by atoms with Crippen LogP contribution in [0.2, 0.25) is 0 Å². The van der Waals surface area contributed by atoms with Gasteiger partial charge in [-0.2, -0.15) is 0 Å². The Bertz CT molecular complexity index is 350. The maximum atomic E-state index is 11.3. The van der Waals surface area contributed by atoms with Gasteiger partial charge in [0.05, 0.1) is 12.1 Å². The van der Waals surface area contributed by atoms with Crippen LogP contribution in [0.25, 0.3) is 0 Å². The second kappa shape index (κ2) is 4.79. The number of hydrogen-bond donors (Lipinski definition) is 3. The van der Waals surface area contributed by atoms with Gasteiger partial charge in [0.1, 0.15) is 5.75 Å². The molecule has 1 amide bonds. The van der Waals surface area contributed by atoms with Crippen LogP contribution in [0.3, 0.4) is 0 Å². The molecular formula is C11H16N2O2. The van der Waals surface area contributed by atoms with E-state index in [1.807, 2.05) is 13.0 Å². The van der Waals surface area contributed by atoms with Gasteiger partial charge in [0.15, 0.2) is 0 Å². The molecule has 15 heavy (non-hydrogen) atoms. The molecule has 0 radical (unpaired) electrons. The van der Waals surface area contributed by atoms with Gasteiger partial charge in [0.25, 0.3) is 0 Å². The Balaban J connectivity index is 2.69. The Hall–Kier alpha value is -1.55. The van der Waals surface area contributed by atoms with E-state index in [-0.39, 0.29) is 17.7 Å². The van der Waals surface area contributed by atoms with Gasteiger partial charge in [-0.3, -0.25) is 4.79 Å². The summed E-state index contributed by atoms with van der Waals surface area (Å²) in [6.45, 7) is 3.47. The molecule has 4 nitrogen and oxygen atoms in total. The Morgan fingerprint density at radius 2 is 2.13 bits per heavy atom. The number of phenols is 1. The van der Waals surface area contributed by atoms with Crippen LogP contribution in [-0.2, 0) is 4.79 Å². The lowest BCUT2D eigenvalue weighted by Gasteiger charge is -2.15. The molecule has 2 atom stereocenters. The lowest BCUT2D eigenvalue weighted by atomic mass is 10.1. The molecule has 1 aromatic carbocycles. The third-order valence-electron chi connectivity index (χ3n) is 2.14. The SMILES string of the molecule is CC(N)C(=O)NC(C)c1cccc(O)c1. The van der Waals surface area contributed by atoms with Gasteiger partial charge in [0, 0.05) is 0 Å². The summed E-state index contributed by atoms with van der Waals surface area (Å²) in [6.07, 6.45) is 0. The summed E-state index contributed by atoms with van der Waals surface area (Å²) >= 11 is 0. The van der Waals surface area contributed by atoms with E-state index < -0.39 is 6.04 Å². The average molecular weight is 208 g/mol. The van der Waals surface area contributed by atoms with Crippen molar-refractivity contribution in [2.75, 3.05) is 0 Å². The van der Waals surface area contributed by atoms with Gasteiger partial charge < -0.3 is 16.2 Å². The number of nitrogens with two attached hydrogens (primary N) is 1. The highest BCUT2D eigenvalue weighted by molar-refractivity contribution is 5.81. The third kappa shape index (κ3) is 3.25. The summed E-state index contributed by atoms with van der Waals surface area (Å²) in [5.74, 6) is -0.0137. The van der Waals surface area contributed by atoms with Crippen LogP contribution in [0.15, 0.2) is 24.3 Å². The summed E-state index contributed by atoms with van der Waals surface area (Å²) in [4.78, 5) is 11.3. The van der Waals surface area contributed by atoms with Crippen molar-refractivity contribution in [1.29, 1.82) is 0 Å². The number of benzene rings is 1. The molecule has 0 aliphatic rings. The molecule has 0 bridgehead atoms. The van der Waals surface area contributed by atoms with E-state index in [2.05, 4.69) is 5.32 Å². The summed E-state index contributed by atoms with van der Waals surface area (Å²) in [5.41, 5.74) is 6.28. The Morgan fingerprint density at radius 3 is 2.67 bits per heavy atom. The fourth-order valence-corrected chi connectivity index (χ4v) is 1.22. The Kier molecular flexibility index (Phi) is 3.68. The van der Waals surface area contributed by atoms with Crippen LogP contribution in [0, 0.1) is 0 Å². The van der Waals surface area contributed by atoms with Crippen molar-refractivity contribution >= 4 is 5.91 Å². The van der Waals surface area contributed by atoms with Crippen molar-refractivity contribution in [2.24, 2.45) is 5.73 Å². The van der Waals surface area contributed by atoms with E-state index in [0.29, 0.717) is 0 Å². The summed E-state index contributed by atoms with van der Waals surface area (Å²) in [7, 11) is 0. The number of aromatic hydroxyl groups is 1. The number of hydrogen-bond acceptors (Lipinski definition) is 3. The van der Waals surface area contributed by atoms with Gasteiger partial charge in [-0.25, -0.2) is 0 Å². The highest BCUT2D eigenvalue weighted by Gasteiger charge is 2.12. The third-order valence-corrected chi connectivity index (χ3v) is 2.14. The van der Waals surface area contributed by atoms with Crippen LogP contribution in [0.1, 0.15) is 25.5 Å². The first-order valence-corrected chi connectivity index (χ1v) is 4.85. The molecule has 0 heterocycles. The number of nitrogens with one attached hydrogen (secondary N) is 1. The standard InChI is InChI=1S/C11H16N2O2/c1-7(12)11(15)13-8(2)9-4-3-5-10(14)6-9/h3-8,14H,12H2,1-2H3,(H,13,15). The fraction of sp³-hybridized carbons (Fsp3) is 0.364. The second-order valence-electron chi connectivity index (χ2n) is 3.61. The van der Waals surface area contributed by atoms with Crippen molar-refractivity contribution in [1.82, 2.24) is 5.32 Å². The minimum atomic E-state index is -0.523. The molecule has 1 rings (SSSR count). The van der Waals surface area contributed by atoms with E-state index in [9.17, 15) is 9.90 Å². The van der Waals surface area contributed by atoms with Crippen molar-refractivity contribution in [3.63, 3.8) is 0 Å². The van der Waals surface area contributed by atoms with Gasteiger partial charge in [0.2, 0.25) is 5.91 Å². The Labute approximate surface area is 89.1 Å². The molecule has 0 aliphatic carbocycles. The smallest absolute Gasteiger partial charge is 0.237 e. The lowest BCUT2D eigenvalue weighted by Crippen LogP contribution is -2.39. The molecule has 82 valence electrons. The first kappa shape index (κ1) is 11.5. The molecule has 0 aliphatic heterocycles. The number of rotatable bonds is 3. The molecule has 0 aromatic heterocycles. The summed E-state index contributed by atoms with van der Waals surface area (Å²) < 4.78 is 0. The first-order chi connectivity index (χ1) is 7.00. The Morgan fingerprint density at radius 1 is 1.47 bits per heavy atom. The van der Waals surface area contributed by atoms with Crippen LogP contribution >= 0.6 is 0 Å². The van der Waals surface area contributed by atoms with Crippen molar-refractivity contribution in [3.05, 3.63) is 29.8 Å². The minimum Gasteiger partial charge on any atom is -0.508 e. The largest absolute Gasteiger partial charge is 0.508 e. The molecule has 0 saturated carbocycles. The number of phenolic OH excluding ortho intramolecular Hbond substituents is 1. The monoisotopic (exact) mass is 208 g/mol. The first-order valence-electron chi connectivity index (χ1n) is 4.85. The van der Waals surface area contributed by atoms with Crippen molar-refractivity contribution in [3.8, 4) is 5.75 Å². The van der Waals surface area contributed by atoms with Crippen molar-refractivity contribution < 1.29 is 9.90 Å². The maximum Gasteiger partial charge on any atom is 0.237 e. The zero-order valence-electron chi connectivity index (χ0n) is 8.90. The predicted octanol–water partition coefficient (Wildman–Crippen LogP) is 0.917. The zero-order chi connectivity index (χ0) is 11.4. The van der Waals surface area contributed by atoms with Crippen molar-refractivity contribution in [2.45, 2.75) is 25.9 Å². The topological polar surface area (TPSA) is 75.4 Å². The zero-order valence-corrected chi connectivity index (χ0v) is 8.90. The number of amides is 1. The normalized spacial score (nSPS) is 14.3. The fourth-order valence-electron chi connectivity index (χ4n) is 1.22. The van der Waals surface area contributed by atoms with Gasteiger partial charge in [-0.05, 0) is 31.5 Å². The average Bonchev–Trinajstić information content (AvgIpc) is 2.17. The van der Waals surface area contributed by atoms with E-state index in [1.54, 1.807) is 25.1 Å². The minimum absolute atomic E-state index is 0.157. The molecule has 1 aromatic rings. The highest BCUT2D eigenvalue weighted by Crippen LogP contribution is 2.17. The second-order valence-corrected chi connectivity index (χ2v) is 3.61. The van der Waals surface area contributed by atoms with E-state index in [1.165, 1.54) is 0 Å². The van der Waals surface area contributed by atoms with E-state index in [4.69, 9.17) is 5.73 Å². The summed E-state index contributed by atoms with van der Waals surface area (Å²) in [5, 5.41) is 12.0. The van der Waals surface area contributed by atoms with Gasteiger partial charge in [-0.15, -0.1) is 0 Å². The maximum absolute atomic E-state index is 11.3. The molecule has 4 N–H and O–H groups in total. The molecule has 2 unspecified atom stereocenters. The molecular weight excluding hydrogens is 192 g/mol. The summed E-state index contributed by atoms with van der Waals surface area (Å²) in [6, 6.07) is 6.10. The van der Waals surface area contributed by atoms with Gasteiger partial charge in [-0.1, -0.05) is 12.1 Å². The molecule has 0 fully saturated rings. The van der Waals surface area contributed by atoms with Crippen LogP contribution in [-0.4, -0.2) is 17.1 Å². The predicted molar refractivity (Wildman–Crippen MR) is 58.3 cm³/mol. The molecule has 4 heteroatoms.